The van der Waals surface area contributed by atoms with Crippen LogP contribution in [0.1, 0.15) is 25.7 Å². The number of benzene rings is 1. The van der Waals surface area contributed by atoms with Gasteiger partial charge in [-0.1, -0.05) is 18.9 Å². The van der Waals surface area contributed by atoms with E-state index >= 15 is 0 Å². The Balaban J connectivity index is 1.89. The number of carbonyl (C=O) groups is 1. The Morgan fingerprint density at radius 3 is 2.57 bits per heavy atom. The summed E-state index contributed by atoms with van der Waals surface area (Å²) < 4.78 is 27.6. The van der Waals surface area contributed by atoms with Gasteiger partial charge in [0.15, 0.2) is 9.84 Å². The lowest BCUT2D eigenvalue weighted by Gasteiger charge is -2.21. The molecule has 1 aliphatic heterocycles. The van der Waals surface area contributed by atoms with E-state index < -0.39 is 9.84 Å². The minimum atomic E-state index is -3.04. The highest BCUT2D eigenvalue weighted by Crippen LogP contribution is 2.18. The highest BCUT2D eigenvalue weighted by Gasteiger charge is 2.15. The van der Waals surface area contributed by atoms with Crippen molar-refractivity contribution in [3.63, 3.8) is 0 Å². The lowest BCUT2D eigenvalue weighted by atomic mass is 10.2. The maximum Gasteiger partial charge on any atom is 0.321 e. The summed E-state index contributed by atoms with van der Waals surface area (Å²) in [5.41, 5.74) is 0.649. The van der Waals surface area contributed by atoms with Crippen LogP contribution in [0.5, 0.6) is 5.75 Å². The topological polar surface area (TPSA) is 75.7 Å². The van der Waals surface area contributed by atoms with Crippen molar-refractivity contribution < 1.29 is 17.9 Å². The zero-order valence-corrected chi connectivity index (χ0v) is 14.3. The van der Waals surface area contributed by atoms with E-state index in [0.29, 0.717) is 11.4 Å². The van der Waals surface area contributed by atoms with E-state index in [1.54, 1.807) is 24.3 Å². The Hall–Kier alpha value is -1.76. The molecular weight excluding hydrogens is 316 g/mol. The molecule has 6 nitrogen and oxygen atoms in total. The second-order valence-corrected chi connectivity index (χ2v) is 8.10. The number of nitrogens with one attached hydrogen (secondary N) is 1. The number of sulfone groups is 1. The monoisotopic (exact) mass is 340 g/mol. The van der Waals surface area contributed by atoms with Gasteiger partial charge in [-0.2, -0.15) is 0 Å². The zero-order valence-electron chi connectivity index (χ0n) is 13.5. The van der Waals surface area contributed by atoms with Crippen LogP contribution in [-0.2, 0) is 9.84 Å². The Bertz CT molecular complexity index is 623. The summed E-state index contributed by atoms with van der Waals surface area (Å²) in [4.78, 5) is 14.1. The number of carbonyl (C=O) groups excluding carboxylic acids is 1. The molecule has 1 N–H and O–H groups in total. The van der Waals surface area contributed by atoms with E-state index in [1.807, 2.05) is 4.90 Å². The maximum atomic E-state index is 12.3. The molecule has 0 unspecified atom stereocenters. The summed E-state index contributed by atoms with van der Waals surface area (Å²) in [5.74, 6) is 0.513. The summed E-state index contributed by atoms with van der Waals surface area (Å²) >= 11 is 0. The molecule has 1 saturated heterocycles. The summed E-state index contributed by atoms with van der Waals surface area (Å²) in [5, 5.41) is 2.88. The van der Waals surface area contributed by atoms with Crippen LogP contribution < -0.4 is 10.1 Å². The quantitative estimate of drug-likeness (QED) is 0.893. The van der Waals surface area contributed by atoms with E-state index in [0.717, 1.165) is 25.9 Å². The molecule has 128 valence electrons. The number of nitrogens with zero attached hydrogens (tertiary/aromatic N) is 1. The molecule has 0 atom stereocenters. The predicted octanol–water partition coefficient (Wildman–Crippen LogP) is 2.52. The molecule has 0 spiro atoms. The Kier molecular flexibility index (Phi) is 6.27. The van der Waals surface area contributed by atoms with Crippen molar-refractivity contribution in [2.75, 3.05) is 37.0 Å². The lowest BCUT2D eigenvalue weighted by molar-refractivity contribution is 0.214. The minimum absolute atomic E-state index is 0.0304. The van der Waals surface area contributed by atoms with Crippen molar-refractivity contribution in [3.8, 4) is 5.75 Å². The van der Waals surface area contributed by atoms with Crippen LogP contribution in [0.2, 0.25) is 0 Å². The van der Waals surface area contributed by atoms with Gasteiger partial charge in [0, 0.05) is 31.1 Å². The molecule has 0 aliphatic carbocycles. The summed E-state index contributed by atoms with van der Waals surface area (Å²) in [7, 11) is -3.04. The number of urea groups is 1. The normalized spacial score (nSPS) is 15.8. The van der Waals surface area contributed by atoms with Gasteiger partial charge >= 0.3 is 6.03 Å². The number of anilines is 1. The number of amides is 2. The van der Waals surface area contributed by atoms with Crippen LogP contribution in [0.25, 0.3) is 0 Å². The van der Waals surface area contributed by atoms with Crippen molar-refractivity contribution in [1.29, 1.82) is 0 Å². The number of ether oxygens (including phenoxy) is 1. The second kappa shape index (κ2) is 8.19. The molecule has 1 aromatic rings. The van der Waals surface area contributed by atoms with Gasteiger partial charge in [-0.25, -0.2) is 13.2 Å². The smallest absolute Gasteiger partial charge is 0.321 e. The standard InChI is InChI=1S/C16H24N2O4S/c1-23(20,21)12-11-22-15-8-6-7-14(13-15)17-16(19)18-9-4-2-3-5-10-18/h6-8,13H,2-5,9-12H2,1H3,(H,17,19). The van der Waals surface area contributed by atoms with Crippen LogP contribution in [-0.4, -0.2) is 51.1 Å². The fraction of sp³-hybridized carbons (Fsp3) is 0.562. The number of likely N-dealkylation sites (tertiary alicyclic amines) is 1. The first kappa shape index (κ1) is 17.6. The molecule has 1 fully saturated rings. The van der Waals surface area contributed by atoms with Gasteiger partial charge in [0.05, 0.1) is 5.75 Å². The third-order valence-corrected chi connectivity index (χ3v) is 4.61. The lowest BCUT2D eigenvalue weighted by Crippen LogP contribution is -2.35. The number of rotatable bonds is 5. The van der Waals surface area contributed by atoms with E-state index in [2.05, 4.69) is 5.32 Å². The van der Waals surface area contributed by atoms with Gasteiger partial charge in [-0.3, -0.25) is 0 Å². The third-order valence-electron chi connectivity index (χ3n) is 3.70. The van der Waals surface area contributed by atoms with Gasteiger partial charge in [-0.05, 0) is 25.0 Å². The number of hydrogen-bond donors (Lipinski definition) is 1. The van der Waals surface area contributed by atoms with Crippen molar-refractivity contribution in [2.45, 2.75) is 25.7 Å². The number of hydrogen-bond acceptors (Lipinski definition) is 4. The van der Waals surface area contributed by atoms with Crippen molar-refractivity contribution in [1.82, 2.24) is 4.90 Å². The Morgan fingerprint density at radius 2 is 1.91 bits per heavy atom. The van der Waals surface area contributed by atoms with Crippen molar-refractivity contribution in [2.24, 2.45) is 0 Å². The highest BCUT2D eigenvalue weighted by molar-refractivity contribution is 7.90. The van der Waals surface area contributed by atoms with Crippen molar-refractivity contribution in [3.05, 3.63) is 24.3 Å². The molecule has 1 aliphatic rings. The van der Waals surface area contributed by atoms with Crippen LogP contribution in [0.4, 0.5) is 10.5 Å². The minimum Gasteiger partial charge on any atom is -0.492 e. The molecule has 7 heteroatoms. The van der Waals surface area contributed by atoms with Crippen LogP contribution in [0.15, 0.2) is 24.3 Å². The molecular formula is C16H24N2O4S. The first-order valence-electron chi connectivity index (χ1n) is 7.90. The zero-order chi connectivity index (χ0) is 16.7. The van der Waals surface area contributed by atoms with Gasteiger partial charge < -0.3 is 15.0 Å². The van der Waals surface area contributed by atoms with Crippen LogP contribution in [0.3, 0.4) is 0 Å². The molecule has 0 bridgehead atoms. The molecule has 23 heavy (non-hydrogen) atoms. The van der Waals surface area contributed by atoms with Crippen LogP contribution >= 0.6 is 0 Å². The largest absolute Gasteiger partial charge is 0.492 e. The maximum absolute atomic E-state index is 12.3. The first-order valence-corrected chi connectivity index (χ1v) is 9.97. The summed E-state index contributed by atoms with van der Waals surface area (Å²) in [6, 6.07) is 6.91. The summed E-state index contributed by atoms with van der Waals surface area (Å²) in [6.45, 7) is 1.68. The van der Waals surface area contributed by atoms with Gasteiger partial charge in [0.25, 0.3) is 0 Å². The average molecular weight is 340 g/mol. The molecule has 1 heterocycles. The second-order valence-electron chi connectivity index (χ2n) is 5.84. The Morgan fingerprint density at radius 1 is 1.22 bits per heavy atom. The first-order chi connectivity index (χ1) is 10.9. The van der Waals surface area contributed by atoms with Crippen LogP contribution in [0, 0.1) is 0 Å². The van der Waals surface area contributed by atoms with Gasteiger partial charge in [-0.15, -0.1) is 0 Å². The van der Waals surface area contributed by atoms with E-state index in [9.17, 15) is 13.2 Å². The fourth-order valence-electron chi connectivity index (χ4n) is 2.45. The van der Waals surface area contributed by atoms with E-state index in [-0.39, 0.29) is 18.4 Å². The Labute approximate surface area is 137 Å². The average Bonchev–Trinajstić information content (AvgIpc) is 2.75. The highest BCUT2D eigenvalue weighted by atomic mass is 32.2. The van der Waals surface area contributed by atoms with Gasteiger partial charge in [0.1, 0.15) is 12.4 Å². The van der Waals surface area contributed by atoms with E-state index in [4.69, 9.17) is 4.74 Å². The van der Waals surface area contributed by atoms with E-state index in [1.165, 1.54) is 19.1 Å². The van der Waals surface area contributed by atoms with Gasteiger partial charge in [0.2, 0.25) is 0 Å². The predicted molar refractivity (Wildman–Crippen MR) is 90.7 cm³/mol. The fourth-order valence-corrected chi connectivity index (χ4v) is 2.84. The van der Waals surface area contributed by atoms with Crippen molar-refractivity contribution >= 4 is 21.6 Å². The molecule has 2 amide bonds. The third kappa shape index (κ3) is 6.48. The molecule has 0 saturated carbocycles. The SMILES string of the molecule is CS(=O)(=O)CCOc1cccc(NC(=O)N2CCCCCC2)c1. The molecule has 2 rings (SSSR count). The molecule has 0 aromatic heterocycles. The summed E-state index contributed by atoms with van der Waals surface area (Å²) in [6.07, 6.45) is 5.61. The molecule has 0 radical (unpaired) electrons. The molecule has 1 aromatic carbocycles.